The molecule has 0 aromatic carbocycles. The van der Waals surface area contributed by atoms with Gasteiger partial charge in [0.25, 0.3) is 0 Å². The van der Waals surface area contributed by atoms with E-state index >= 15 is 0 Å². The Morgan fingerprint density at radius 2 is 1.87 bits per heavy atom. The van der Waals surface area contributed by atoms with E-state index in [9.17, 15) is 4.79 Å². The minimum absolute atomic E-state index is 0. The molecule has 1 saturated heterocycles. The van der Waals surface area contributed by atoms with Crippen LogP contribution in [-0.4, -0.2) is 63.1 Å². The maximum absolute atomic E-state index is 11.4. The molecule has 0 unspecified atom stereocenters. The Hall–Kier alpha value is -0.570. The standard InChI is InChI=1S/C16H33N5O.HI/c1-5-13(6-2)11-19-16(18-4)20-14-7-9-21(10-8-14)12-15(22)17-3;/h13-14H,5-12H2,1-4H3,(H,17,22)(H2,18,19,20);1H. The third-order valence-electron chi connectivity index (χ3n) is 4.51. The molecule has 3 N–H and O–H groups in total. The molecule has 0 saturated carbocycles. The maximum Gasteiger partial charge on any atom is 0.233 e. The summed E-state index contributed by atoms with van der Waals surface area (Å²) >= 11 is 0. The van der Waals surface area contributed by atoms with Gasteiger partial charge >= 0.3 is 0 Å². The number of nitrogens with zero attached hydrogens (tertiary/aromatic N) is 2. The van der Waals surface area contributed by atoms with Crippen LogP contribution in [0, 0.1) is 5.92 Å². The lowest BCUT2D eigenvalue weighted by Crippen LogP contribution is -2.50. The average Bonchev–Trinajstić information content (AvgIpc) is 2.56. The average molecular weight is 439 g/mol. The van der Waals surface area contributed by atoms with Crippen LogP contribution in [0.25, 0.3) is 0 Å². The molecular formula is C16H34IN5O. The fraction of sp³-hybridized carbons (Fsp3) is 0.875. The number of hydrogen-bond donors (Lipinski definition) is 3. The van der Waals surface area contributed by atoms with Gasteiger partial charge in [-0.2, -0.15) is 0 Å². The van der Waals surface area contributed by atoms with Crippen LogP contribution in [0.15, 0.2) is 4.99 Å². The van der Waals surface area contributed by atoms with Crippen molar-refractivity contribution in [3.63, 3.8) is 0 Å². The van der Waals surface area contributed by atoms with Gasteiger partial charge in [0.15, 0.2) is 5.96 Å². The van der Waals surface area contributed by atoms with E-state index in [-0.39, 0.29) is 29.9 Å². The monoisotopic (exact) mass is 439 g/mol. The summed E-state index contributed by atoms with van der Waals surface area (Å²) in [4.78, 5) is 17.9. The Morgan fingerprint density at radius 3 is 2.35 bits per heavy atom. The van der Waals surface area contributed by atoms with E-state index in [0.717, 1.165) is 38.4 Å². The minimum atomic E-state index is 0. The molecule has 0 spiro atoms. The molecule has 23 heavy (non-hydrogen) atoms. The van der Waals surface area contributed by atoms with Gasteiger partial charge in [0.1, 0.15) is 0 Å². The smallest absolute Gasteiger partial charge is 0.233 e. The number of guanidine groups is 1. The second-order valence-electron chi connectivity index (χ2n) is 6.00. The van der Waals surface area contributed by atoms with Crippen LogP contribution in [0.2, 0.25) is 0 Å². The molecule has 0 aliphatic carbocycles. The van der Waals surface area contributed by atoms with E-state index < -0.39 is 0 Å². The molecule has 136 valence electrons. The first kappa shape index (κ1) is 22.4. The highest BCUT2D eigenvalue weighted by atomic mass is 127. The number of likely N-dealkylation sites (tertiary alicyclic amines) is 1. The Morgan fingerprint density at radius 1 is 1.26 bits per heavy atom. The van der Waals surface area contributed by atoms with Gasteiger partial charge < -0.3 is 16.0 Å². The van der Waals surface area contributed by atoms with E-state index in [1.54, 1.807) is 7.05 Å². The summed E-state index contributed by atoms with van der Waals surface area (Å²) in [6, 6.07) is 0.439. The van der Waals surface area contributed by atoms with Crippen LogP contribution < -0.4 is 16.0 Å². The van der Waals surface area contributed by atoms with Crippen LogP contribution in [0.3, 0.4) is 0 Å². The molecule has 0 aromatic heterocycles. The maximum atomic E-state index is 11.4. The Balaban J connectivity index is 0.00000484. The van der Waals surface area contributed by atoms with E-state index in [1.807, 2.05) is 7.05 Å². The zero-order valence-electron chi connectivity index (χ0n) is 15.0. The summed E-state index contributed by atoms with van der Waals surface area (Å²) in [5, 5.41) is 9.62. The van der Waals surface area contributed by atoms with Gasteiger partial charge in [0.05, 0.1) is 6.54 Å². The van der Waals surface area contributed by atoms with E-state index in [2.05, 4.69) is 39.7 Å². The van der Waals surface area contributed by atoms with Crippen LogP contribution in [0.5, 0.6) is 0 Å². The topological polar surface area (TPSA) is 68.8 Å². The van der Waals surface area contributed by atoms with Gasteiger partial charge in [-0.3, -0.25) is 14.7 Å². The normalized spacial score (nSPS) is 16.8. The predicted octanol–water partition coefficient (Wildman–Crippen LogP) is 1.42. The fourth-order valence-corrected chi connectivity index (χ4v) is 2.72. The number of likely N-dealkylation sites (N-methyl/N-ethyl adjacent to an activating group) is 1. The first-order chi connectivity index (χ1) is 10.6. The van der Waals surface area contributed by atoms with E-state index in [1.165, 1.54) is 12.8 Å². The third kappa shape index (κ3) is 8.74. The molecule has 7 heteroatoms. The van der Waals surface area contributed by atoms with Crippen LogP contribution in [0.4, 0.5) is 0 Å². The van der Waals surface area contributed by atoms with Crippen molar-refractivity contribution < 1.29 is 4.79 Å². The molecule has 1 aliphatic rings. The summed E-state index contributed by atoms with van der Waals surface area (Å²) < 4.78 is 0. The highest BCUT2D eigenvalue weighted by Gasteiger charge is 2.21. The van der Waals surface area contributed by atoms with Crippen molar-refractivity contribution in [2.24, 2.45) is 10.9 Å². The first-order valence-corrected chi connectivity index (χ1v) is 8.52. The highest BCUT2D eigenvalue weighted by molar-refractivity contribution is 14.0. The molecule has 1 aliphatic heterocycles. The van der Waals surface area contributed by atoms with Gasteiger partial charge in [0, 0.05) is 39.8 Å². The third-order valence-corrected chi connectivity index (χ3v) is 4.51. The summed E-state index contributed by atoms with van der Waals surface area (Å²) in [5.74, 6) is 1.69. The summed E-state index contributed by atoms with van der Waals surface area (Å²) in [5.41, 5.74) is 0. The summed E-state index contributed by atoms with van der Waals surface area (Å²) in [6.07, 6.45) is 4.47. The van der Waals surface area contributed by atoms with Crippen molar-refractivity contribution >= 4 is 35.8 Å². The number of carbonyl (C=O) groups is 1. The molecule has 0 bridgehead atoms. The van der Waals surface area contributed by atoms with Gasteiger partial charge in [-0.25, -0.2) is 0 Å². The Bertz CT molecular complexity index is 352. The Kier molecular flexibility index (Phi) is 12.5. The van der Waals surface area contributed by atoms with Crippen LogP contribution in [-0.2, 0) is 4.79 Å². The van der Waals surface area contributed by atoms with E-state index in [0.29, 0.717) is 18.5 Å². The number of hydrogen-bond acceptors (Lipinski definition) is 3. The summed E-state index contributed by atoms with van der Waals surface area (Å²) in [7, 11) is 3.51. The highest BCUT2D eigenvalue weighted by Crippen LogP contribution is 2.10. The molecule has 1 fully saturated rings. The lowest BCUT2D eigenvalue weighted by molar-refractivity contribution is -0.122. The quantitative estimate of drug-likeness (QED) is 0.319. The number of aliphatic imine (C=N–C) groups is 1. The van der Waals surface area contributed by atoms with E-state index in [4.69, 9.17) is 0 Å². The SMILES string of the molecule is CCC(CC)CNC(=NC)NC1CCN(CC(=O)NC)CC1.I. The number of rotatable bonds is 7. The van der Waals surface area contributed by atoms with Crippen molar-refractivity contribution in [1.29, 1.82) is 0 Å². The molecule has 6 nitrogen and oxygen atoms in total. The minimum Gasteiger partial charge on any atom is -0.358 e. The molecule has 1 amide bonds. The lowest BCUT2D eigenvalue weighted by Gasteiger charge is -2.32. The van der Waals surface area contributed by atoms with Crippen LogP contribution >= 0.6 is 24.0 Å². The number of carbonyl (C=O) groups excluding carboxylic acids is 1. The van der Waals surface area contributed by atoms with Crippen molar-refractivity contribution in [3.05, 3.63) is 0 Å². The van der Waals surface area contributed by atoms with Crippen molar-refractivity contribution in [2.75, 3.05) is 40.3 Å². The zero-order valence-corrected chi connectivity index (χ0v) is 17.4. The van der Waals surface area contributed by atoms with Crippen molar-refractivity contribution in [3.8, 4) is 0 Å². The number of piperidine rings is 1. The number of halogens is 1. The van der Waals surface area contributed by atoms with Gasteiger partial charge in [-0.15, -0.1) is 24.0 Å². The van der Waals surface area contributed by atoms with Crippen LogP contribution in [0.1, 0.15) is 39.5 Å². The lowest BCUT2D eigenvalue weighted by atomic mass is 10.0. The molecule has 0 atom stereocenters. The predicted molar refractivity (Wildman–Crippen MR) is 108 cm³/mol. The number of amides is 1. The van der Waals surface area contributed by atoms with Gasteiger partial charge in [-0.1, -0.05) is 26.7 Å². The Labute approximate surface area is 158 Å². The first-order valence-electron chi connectivity index (χ1n) is 8.52. The molecular weight excluding hydrogens is 405 g/mol. The molecule has 1 heterocycles. The van der Waals surface area contributed by atoms with Crippen molar-refractivity contribution in [1.82, 2.24) is 20.9 Å². The van der Waals surface area contributed by atoms with Gasteiger partial charge in [0.2, 0.25) is 5.91 Å². The molecule has 0 aromatic rings. The molecule has 1 rings (SSSR count). The second-order valence-corrected chi connectivity index (χ2v) is 6.00. The van der Waals surface area contributed by atoms with Gasteiger partial charge in [-0.05, 0) is 18.8 Å². The summed E-state index contributed by atoms with van der Waals surface area (Å²) in [6.45, 7) is 7.85. The van der Waals surface area contributed by atoms with Crippen molar-refractivity contribution in [2.45, 2.75) is 45.6 Å². The molecule has 0 radical (unpaired) electrons. The second kappa shape index (κ2) is 12.8. The zero-order chi connectivity index (χ0) is 16.4. The largest absolute Gasteiger partial charge is 0.358 e. The fourth-order valence-electron chi connectivity index (χ4n) is 2.72. The number of nitrogens with one attached hydrogen (secondary N) is 3.